The van der Waals surface area contributed by atoms with Gasteiger partial charge in [-0.3, -0.25) is 0 Å². The number of piperidine rings is 1. The maximum atomic E-state index is 12.5. The molecule has 1 N–H and O–H groups in total. The Hall–Kier alpha value is -0.770. The van der Waals surface area contributed by atoms with Crippen molar-refractivity contribution in [3.05, 3.63) is 0 Å². The minimum absolute atomic E-state index is 0.0237. The highest BCUT2D eigenvalue weighted by molar-refractivity contribution is 5.69. The number of hydrogen-bond donors (Lipinski definition) is 1. The van der Waals surface area contributed by atoms with Gasteiger partial charge in [0.25, 0.3) is 0 Å². The lowest BCUT2D eigenvalue weighted by atomic mass is 9.83. The van der Waals surface area contributed by atoms with Gasteiger partial charge in [-0.1, -0.05) is 19.3 Å². The van der Waals surface area contributed by atoms with Gasteiger partial charge in [0, 0.05) is 43.9 Å². The molecule has 4 rings (SSSR count). The van der Waals surface area contributed by atoms with Crippen LogP contribution in [-0.4, -0.2) is 41.3 Å². The van der Waals surface area contributed by atoms with Crippen molar-refractivity contribution in [3.63, 3.8) is 0 Å². The Balaban J connectivity index is 1.43. The van der Waals surface area contributed by atoms with Crippen LogP contribution in [0.4, 0.5) is 4.79 Å². The second-order valence-corrected chi connectivity index (χ2v) is 7.33. The SMILES string of the molecule is O=C1OC2(CCN1C1CCCCC1)CC1CCC(C2)N1. The molecule has 3 saturated heterocycles. The van der Waals surface area contributed by atoms with E-state index in [2.05, 4.69) is 5.32 Å². The summed E-state index contributed by atoms with van der Waals surface area (Å²) >= 11 is 0. The summed E-state index contributed by atoms with van der Waals surface area (Å²) in [5.74, 6) is 0. The van der Waals surface area contributed by atoms with E-state index in [-0.39, 0.29) is 11.7 Å². The fraction of sp³-hybridized carbons (Fsp3) is 0.938. The summed E-state index contributed by atoms with van der Waals surface area (Å²) in [4.78, 5) is 14.5. The first kappa shape index (κ1) is 12.9. The zero-order chi connectivity index (χ0) is 13.6. The third kappa shape index (κ3) is 2.22. The van der Waals surface area contributed by atoms with Crippen molar-refractivity contribution >= 4 is 6.09 Å². The van der Waals surface area contributed by atoms with Gasteiger partial charge in [0.15, 0.2) is 0 Å². The molecule has 0 radical (unpaired) electrons. The van der Waals surface area contributed by atoms with Crippen LogP contribution in [0, 0.1) is 0 Å². The molecule has 1 aliphatic carbocycles. The molecule has 1 amide bonds. The van der Waals surface area contributed by atoms with Crippen LogP contribution >= 0.6 is 0 Å². The standard InChI is InChI=1S/C16H26N2O2/c19-15-18(14-4-2-1-3-5-14)9-8-16(20-15)10-12-6-7-13(11-16)17-12/h12-14,17H,1-11H2. The highest BCUT2D eigenvalue weighted by Gasteiger charge is 2.49. The van der Waals surface area contributed by atoms with E-state index in [1.54, 1.807) is 0 Å². The van der Waals surface area contributed by atoms with Gasteiger partial charge >= 0.3 is 6.09 Å². The molecule has 112 valence electrons. The lowest BCUT2D eigenvalue weighted by Crippen LogP contribution is -2.58. The molecule has 1 saturated carbocycles. The quantitative estimate of drug-likeness (QED) is 0.802. The lowest BCUT2D eigenvalue weighted by molar-refractivity contribution is -0.0833. The van der Waals surface area contributed by atoms with Crippen molar-refractivity contribution in [2.45, 2.75) is 87.9 Å². The van der Waals surface area contributed by atoms with E-state index in [0.717, 1.165) is 25.8 Å². The normalized spacial score (nSPS) is 42.0. The van der Waals surface area contributed by atoms with Crippen LogP contribution in [-0.2, 0) is 4.74 Å². The van der Waals surface area contributed by atoms with E-state index in [4.69, 9.17) is 4.74 Å². The zero-order valence-corrected chi connectivity index (χ0v) is 12.3. The summed E-state index contributed by atoms with van der Waals surface area (Å²) < 4.78 is 6.01. The van der Waals surface area contributed by atoms with Gasteiger partial charge in [-0.05, 0) is 25.7 Å². The summed E-state index contributed by atoms with van der Waals surface area (Å²) in [5, 5.41) is 3.65. The van der Waals surface area contributed by atoms with Gasteiger partial charge in [0.1, 0.15) is 5.60 Å². The minimum atomic E-state index is -0.140. The number of nitrogens with zero attached hydrogens (tertiary/aromatic N) is 1. The Morgan fingerprint density at radius 3 is 2.40 bits per heavy atom. The molecule has 0 aromatic heterocycles. The summed E-state index contributed by atoms with van der Waals surface area (Å²) in [5.41, 5.74) is -0.140. The summed E-state index contributed by atoms with van der Waals surface area (Å²) in [7, 11) is 0. The van der Waals surface area contributed by atoms with Crippen LogP contribution in [0.2, 0.25) is 0 Å². The lowest BCUT2D eigenvalue weighted by Gasteiger charge is -2.47. The monoisotopic (exact) mass is 278 g/mol. The summed E-state index contributed by atoms with van der Waals surface area (Å²) in [6, 6.07) is 1.62. The van der Waals surface area contributed by atoms with E-state index in [9.17, 15) is 4.79 Å². The Bertz CT molecular complexity index is 380. The molecule has 3 aliphatic heterocycles. The Morgan fingerprint density at radius 1 is 1.05 bits per heavy atom. The van der Waals surface area contributed by atoms with Gasteiger partial charge < -0.3 is 15.0 Å². The van der Waals surface area contributed by atoms with Crippen molar-refractivity contribution < 1.29 is 9.53 Å². The molecule has 2 unspecified atom stereocenters. The number of fused-ring (bicyclic) bond motifs is 2. The number of carbonyl (C=O) groups is 1. The van der Waals surface area contributed by atoms with Crippen LogP contribution in [0.3, 0.4) is 0 Å². The Kier molecular flexibility index (Phi) is 3.17. The molecule has 2 bridgehead atoms. The van der Waals surface area contributed by atoms with Crippen LogP contribution in [0.5, 0.6) is 0 Å². The second kappa shape index (κ2) is 4.90. The van der Waals surface area contributed by atoms with E-state index < -0.39 is 0 Å². The van der Waals surface area contributed by atoms with E-state index in [1.807, 2.05) is 4.90 Å². The van der Waals surface area contributed by atoms with Crippen LogP contribution < -0.4 is 5.32 Å². The highest BCUT2D eigenvalue weighted by Crippen LogP contribution is 2.42. The van der Waals surface area contributed by atoms with Gasteiger partial charge in [0.2, 0.25) is 0 Å². The fourth-order valence-electron chi connectivity index (χ4n) is 4.93. The number of ether oxygens (including phenoxy) is 1. The zero-order valence-electron chi connectivity index (χ0n) is 12.3. The van der Waals surface area contributed by atoms with Crippen molar-refractivity contribution in [1.29, 1.82) is 0 Å². The number of nitrogens with one attached hydrogen (secondary N) is 1. The van der Waals surface area contributed by atoms with Gasteiger partial charge in [-0.25, -0.2) is 4.79 Å². The van der Waals surface area contributed by atoms with Crippen LogP contribution in [0.1, 0.15) is 64.2 Å². The first-order valence-electron chi connectivity index (χ1n) is 8.50. The van der Waals surface area contributed by atoms with E-state index in [0.29, 0.717) is 18.1 Å². The number of rotatable bonds is 1. The molecule has 4 heteroatoms. The average molecular weight is 278 g/mol. The van der Waals surface area contributed by atoms with Gasteiger partial charge in [-0.2, -0.15) is 0 Å². The predicted molar refractivity (Wildman–Crippen MR) is 76.6 cm³/mol. The minimum Gasteiger partial charge on any atom is -0.443 e. The molecule has 20 heavy (non-hydrogen) atoms. The molecule has 4 aliphatic rings. The van der Waals surface area contributed by atoms with Crippen LogP contribution in [0.15, 0.2) is 0 Å². The highest BCUT2D eigenvalue weighted by atomic mass is 16.6. The smallest absolute Gasteiger partial charge is 0.410 e. The first-order chi connectivity index (χ1) is 9.74. The third-order valence-electron chi connectivity index (χ3n) is 5.93. The molecule has 4 nitrogen and oxygen atoms in total. The molecule has 1 spiro atoms. The molecule has 2 atom stereocenters. The van der Waals surface area contributed by atoms with Gasteiger partial charge in [0.05, 0.1) is 0 Å². The maximum Gasteiger partial charge on any atom is 0.410 e. The number of amides is 1. The van der Waals surface area contributed by atoms with Crippen molar-refractivity contribution in [3.8, 4) is 0 Å². The van der Waals surface area contributed by atoms with Crippen molar-refractivity contribution in [2.24, 2.45) is 0 Å². The van der Waals surface area contributed by atoms with Crippen molar-refractivity contribution in [1.82, 2.24) is 10.2 Å². The number of carbonyl (C=O) groups excluding carboxylic acids is 1. The van der Waals surface area contributed by atoms with E-state index >= 15 is 0 Å². The molecular weight excluding hydrogens is 252 g/mol. The Morgan fingerprint density at radius 2 is 1.75 bits per heavy atom. The topological polar surface area (TPSA) is 41.6 Å². The molecule has 0 aromatic rings. The molecule has 4 fully saturated rings. The third-order valence-corrected chi connectivity index (χ3v) is 5.93. The molecule has 3 heterocycles. The Labute approximate surface area is 121 Å². The summed E-state index contributed by atoms with van der Waals surface area (Å²) in [6.07, 6.45) is 11.8. The van der Waals surface area contributed by atoms with E-state index in [1.165, 1.54) is 44.9 Å². The predicted octanol–water partition coefficient (Wildman–Crippen LogP) is 2.81. The second-order valence-electron chi connectivity index (χ2n) is 7.33. The first-order valence-corrected chi connectivity index (χ1v) is 8.50. The summed E-state index contributed by atoms with van der Waals surface area (Å²) in [6.45, 7) is 0.920. The molecule has 0 aromatic carbocycles. The molecular formula is C16H26N2O2. The largest absolute Gasteiger partial charge is 0.443 e. The fourth-order valence-corrected chi connectivity index (χ4v) is 4.93. The number of hydrogen-bond acceptors (Lipinski definition) is 3. The van der Waals surface area contributed by atoms with Gasteiger partial charge in [-0.15, -0.1) is 0 Å². The van der Waals surface area contributed by atoms with Crippen LogP contribution in [0.25, 0.3) is 0 Å². The van der Waals surface area contributed by atoms with Crippen molar-refractivity contribution in [2.75, 3.05) is 6.54 Å². The average Bonchev–Trinajstić information content (AvgIpc) is 2.80. The maximum absolute atomic E-state index is 12.5.